The summed E-state index contributed by atoms with van der Waals surface area (Å²) in [6.07, 6.45) is 7.49. The first-order valence-electron chi connectivity index (χ1n) is 6.55. The van der Waals surface area contributed by atoms with Gasteiger partial charge in [0.15, 0.2) is 0 Å². The molecule has 2 rings (SSSR count). The first-order valence-corrected chi connectivity index (χ1v) is 6.55. The van der Waals surface area contributed by atoms with Crippen molar-refractivity contribution in [2.45, 2.75) is 19.8 Å². The molecule has 102 valence electrons. The number of anilines is 2. The molecule has 0 fully saturated rings. The standard InChI is InChI=1S/C13H20N6/c1-3-5-14-12-7-13(17-10-16-12)15-6-4-11-8-18-19(2)9-11/h7-10H,3-6H2,1-2H3,(H2,14,15,16,17). The lowest BCUT2D eigenvalue weighted by atomic mass is 10.2. The summed E-state index contributed by atoms with van der Waals surface area (Å²) in [4.78, 5) is 8.37. The van der Waals surface area contributed by atoms with Gasteiger partial charge in [0, 0.05) is 32.4 Å². The van der Waals surface area contributed by atoms with E-state index >= 15 is 0 Å². The zero-order valence-corrected chi connectivity index (χ0v) is 11.4. The van der Waals surface area contributed by atoms with Crippen LogP contribution in [-0.2, 0) is 13.5 Å². The second-order valence-corrected chi connectivity index (χ2v) is 4.41. The molecule has 6 nitrogen and oxygen atoms in total. The maximum atomic E-state index is 4.20. The Bertz CT molecular complexity index is 507. The molecule has 2 aromatic rings. The van der Waals surface area contributed by atoms with Crippen LogP contribution in [0.5, 0.6) is 0 Å². The minimum absolute atomic E-state index is 0.829. The number of hydrogen-bond donors (Lipinski definition) is 2. The summed E-state index contributed by atoms with van der Waals surface area (Å²) in [5.74, 6) is 1.71. The van der Waals surface area contributed by atoms with Crippen LogP contribution in [0.4, 0.5) is 11.6 Å². The predicted molar refractivity (Wildman–Crippen MR) is 76.2 cm³/mol. The quantitative estimate of drug-likeness (QED) is 0.793. The van der Waals surface area contributed by atoms with Crippen LogP contribution < -0.4 is 10.6 Å². The third-order valence-electron chi connectivity index (χ3n) is 2.70. The van der Waals surface area contributed by atoms with Crippen LogP contribution >= 0.6 is 0 Å². The molecule has 0 bridgehead atoms. The highest BCUT2D eigenvalue weighted by Crippen LogP contribution is 2.08. The number of rotatable bonds is 7. The third-order valence-corrected chi connectivity index (χ3v) is 2.70. The van der Waals surface area contributed by atoms with Gasteiger partial charge in [-0.1, -0.05) is 6.92 Å². The van der Waals surface area contributed by atoms with Gasteiger partial charge in [0.2, 0.25) is 0 Å². The van der Waals surface area contributed by atoms with Crippen LogP contribution in [0, 0.1) is 0 Å². The molecule has 0 spiro atoms. The average molecular weight is 260 g/mol. The Morgan fingerprint density at radius 2 is 1.89 bits per heavy atom. The van der Waals surface area contributed by atoms with Gasteiger partial charge in [-0.15, -0.1) is 0 Å². The Labute approximate surface area is 113 Å². The van der Waals surface area contributed by atoms with E-state index in [-0.39, 0.29) is 0 Å². The second-order valence-electron chi connectivity index (χ2n) is 4.41. The Morgan fingerprint density at radius 1 is 1.16 bits per heavy atom. The summed E-state index contributed by atoms with van der Waals surface area (Å²) in [6.45, 7) is 3.88. The molecule has 0 saturated heterocycles. The van der Waals surface area contributed by atoms with Crippen LogP contribution in [0.15, 0.2) is 24.8 Å². The van der Waals surface area contributed by atoms with Gasteiger partial charge in [0.25, 0.3) is 0 Å². The highest BCUT2D eigenvalue weighted by atomic mass is 15.2. The summed E-state index contributed by atoms with van der Waals surface area (Å²) < 4.78 is 1.81. The number of nitrogens with zero attached hydrogens (tertiary/aromatic N) is 4. The van der Waals surface area contributed by atoms with Crippen LogP contribution in [-0.4, -0.2) is 32.8 Å². The van der Waals surface area contributed by atoms with Gasteiger partial charge < -0.3 is 10.6 Å². The number of aryl methyl sites for hydroxylation is 1. The molecule has 0 unspecified atom stereocenters. The maximum Gasteiger partial charge on any atom is 0.131 e. The lowest BCUT2D eigenvalue weighted by Gasteiger charge is -2.07. The fourth-order valence-electron chi connectivity index (χ4n) is 1.74. The van der Waals surface area contributed by atoms with Crippen LogP contribution in [0.1, 0.15) is 18.9 Å². The zero-order valence-electron chi connectivity index (χ0n) is 11.4. The number of hydrogen-bond acceptors (Lipinski definition) is 5. The Morgan fingerprint density at radius 3 is 2.53 bits per heavy atom. The van der Waals surface area contributed by atoms with Crippen molar-refractivity contribution in [1.29, 1.82) is 0 Å². The molecule has 0 aliphatic heterocycles. The highest BCUT2D eigenvalue weighted by Gasteiger charge is 1.99. The molecule has 0 aromatic carbocycles. The van der Waals surface area contributed by atoms with Crippen molar-refractivity contribution in [3.05, 3.63) is 30.4 Å². The average Bonchev–Trinajstić information content (AvgIpc) is 2.83. The molecule has 6 heteroatoms. The summed E-state index contributed by atoms with van der Waals surface area (Å²) in [5, 5.41) is 10.7. The fraction of sp³-hybridized carbons (Fsp3) is 0.462. The van der Waals surface area contributed by atoms with Gasteiger partial charge in [-0.2, -0.15) is 5.10 Å². The van der Waals surface area contributed by atoms with Gasteiger partial charge >= 0.3 is 0 Å². The molecular formula is C13H20N6. The van der Waals surface area contributed by atoms with E-state index in [1.165, 1.54) is 5.56 Å². The maximum absolute atomic E-state index is 4.20. The highest BCUT2D eigenvalue weighted by molar-refractivity contribution is 5.46. The molecule has 0 radical (unpaired) electrons. The summed E-state index contributed by atoms with van der Waals surface area (Å²) in [5.41, 5.74) is 1.22. The van der Waals surface area contributed by atoms with Gasteiger partial charge in [-0.25, -0.2) is 9.97 Å². The normalized spacial score (nSPS) is 10.4. The summed E-state index contributed by atoms with van der Waals surface area (Å²) >= 11 is 0. The first kappa shape index (κ1) is 13.3. The molecule has 0 aliphatic carbocycles. The van der Waals surface area contributed by atoms with Crippen LogP contribution in [0.2, 0.25) is 0 Å². The van der Waals surface area contributed by atoms with Crippen molar-refractivity contribution in [2.75, 3.05) is 23.7 Å². The van der Waals surface area contributed by atoms with E-state index in [4.69, 9.17) is 0 Å². The summed E-state index contributed by atoms with van der Waals surface area (Å²) in [6, 6.07) is 1.93. The third kappa shape index (κ3) is 4.24. The van der Waals surface area contributed by atoms with E-state index in [0.717, 1.165) is 37.6 Å². The van der Waals surface area contributed by atoms with E-state index in [1.807, 2.05) is 30.2 Å². The van der Waals surface area contributed by atoms with Crippen LogP contribution in [0.3, 0.4) is 0 Å². The van der Waals surface area contributed by atoms with Crippen molar-refractivity contribution in [1.82, 2.24) is 19.7 Å². The van der Waals surface area contributed by atoms with Crippen molar-refractivity contribution >= 4 is 11.6 Å². The minimum atomic E-state index is 0.829. The Hall–Kier alpha value is -2.11. The predicted octanol–water partition coefficient (Wildman–Crippen LogP) is 1.69. The van der Waals surface area contributed by atoms with E-state index < -0.39 is 0 Å². The van der Waals surface area contributed by atoms with Gasteiger partial charge in [0.05, 0.1) is 6.20 Å². The largest absolute Gasteiger partial charge is 0.370 e. The Kier molecular flexibility index (Phi) is 4.72. The molecule has 0 saturated carbocycles. The smallest absolute Gasteiger partial charge is 0.131 e. The lowest BCUT2D eigenvalue weighted by Crippen LogP contribution is -2.08. The van der Waals surface area contributed by atoms with E-state index in [0.29, 0.717) is 0 Å². The monoisotopic (exact) mass is 260 g/mol. The Balaban J connectivity index is 1.82. The molecule has 2 aromatic heterocycles. The van der Waals surface area contributed by atoms with E-state index in [2.05, 4.69) is 32.6 Å². The molecular weight excluding hydrogens is 240 g/mol. The van der Waals surface area contributed by atoms with Crippen LogP contribution in [0.25, 0.3) is 0 Å². The summed E-state index contributed by atoms with van der Waals surface area (Å²) in [7, 11) is 1.92. The van der Waals surface area contributed by atoms with E-state index in [9.17, 15) is 0 Å². The van der Waals surface area contributed by atoms with Crippen molar-refractivity contribution in [2.24, 2.45) is 7.05 Å². The second kappa shape index (κ2) is 6.72. The number of nitrogens with one attached hydrogen (secondary N) is 2. The van der Waals surface area contributed by atoms with Crippen molar-refractivity contribution < 1.29 is 0 Å². The fourth-order valence-corrected chi connectivity index (χ4v) is 1.74. The van der Waals surface area contributed by atoms with Gasteiger partial charge in [0.1, 0.15) is 18.0 Å². The molecule has 0 atom stereocenters. The van der Waals surface area contributed by atoms with E-state index in [1.54, 1.807) is 6.33 Å². The SMILES string of the molecule is CCCNc1cc(NCCc2cnn(C)c2)ncn1. The minimum Gasteiger partial charge on any atom is -0.370 e. The molecule has 0 aliphatic rings. The molecule has 19 heavy (non-hydrogen) atoms. The number of aromatic nitrogens is 4. The molecule has 2 heterocycles. The zero-order chi connectivity index (χ0) is 13.5. The topological polar surface area (TPSA) is 67.7 Å². The molecule has 0 amide bonds. The van der Waals surface area contributed by atoms with Crippen molar-refractivity contribution in [3.63, 3.8) is 0 Å². The molecule has 2 N–H and O–H groups in total. The van der Waals surface area contributed by atoms with Gasteiger partial charge in [-0.3, -0.25) is 4.68 Å². The lowest BCUT2D eigenvalue weighted by molar-refractivity contribution is 0.767. The van der Waals surface area contributed by atoms with Gasteiger partial charge in [-0.05, 0) is 18.4 Å². The van der Waals surface area contributed by atoms with Crippen molar-refractivity contribution in [3.8, 4) is 0 Å². The first-order chi connectivity index (χ1) is 9.28.